The summed E-state index contributed by atoms with van der Waals surface area (Å²) in [6.07, 6.45) is 0. The third-order valence-corrected chi connectivity index (χ3v) is 3.37. The first-order valence-corrected chi connectivity index (χ1v) is 7.04. The zero-order valence-electron chi connectivity index (χ0n) is 11.7. The molecule has 0 fully saturated rings. The average molecular weight is 324 g/mol. The highest BCUT2D eigenvalue weighted by Gasteiger charge is 2.21. The van der Waals surface area contributed by atoms with Gasteiger partial charge in [-0.2, -0.15) is 0 Å². The second-order valence-electron chi connectivity index (χ2n) is 4.43. The molecular weight excluding hydrogens is 310 g/mol. The highest BCUT2D eigenvalue weighted by atomic mass is 35.5. The molecule has 8 heteroatoms. The fraction of sp³-hybridized carbons (Fsp3) is 0.214. The SMILES string of the molecule is CCn1c(=O)c(C(=O)NNC(=O)CCl)c(O)c2ccccc21. The monoisotopic (exact) mass is 323 g/mol. The lowest BCUT2D eigenvalue weighted by molar-refractivity contribution is -0.119. The number of amides is 2. The predicted octanol–water partition coefficient (Wildman–Crippen LogP) is 0.727. The van der Waals surface area contributed by atoms with Gasteiger partial charge in [0.15, 0.2) is 0 Å². The highest BCUT2D eigenvalue weighted by molar-refractivity contribution is 6.27. The van der Waals surface area contributed by atoms with E-state index in [9.17, 15) is 19.5 Å². The molecule has 0 saturated heterocycles. The van der Waals surface area contributed by atoms with Gasteiger partial charge in [-0.15, -0.1) is 11.6 Å². The van der Waals surface area contributed by atoms with Crippen LogP contribution in [0.4, 0.5) is 0 Å². The summed E-state index contributed by atoms with van der Waals surface area (Å²) in [6, 6.07) is 6.69. The van der Waals surface area contributed by atoms with Gasteiger partial charge in [0.1, 0.15) is 17.2 Å². The number of aryl methyl sites for hydroxylation is 1. The largest absolute Gasteiger partial charge is 0.506 e. The first-order valence-electron chi connectivity index (χ1n) is 6.50. The van der Waals surface area contributed by atoms with Gasteiger partial charge in [-0.05, 0) is 19.1 Å². The molecule has 0 unspecified atom stereocenters. The summed E-state index contributed by atoms with van der Waals surface area (Å²) >= 11 is 5.29. The number of nitrogens with zero attached hydrogens (tertiary/aromatic N) is 1. The third kappa shape index (κ3) is 2.75. The van der Waals surface area contributed by atoms with Crippen LogP contribution in [0.15, 0.2) is 29.1 Å². The van der Waals surface area contributed by atoms with Crippen molar-refractivity contribution in [1.29, 1.82) is 0 Å². The third-order valence-electron chi connectivity index (χ3n) is 3.13. The van der Waals surface area contributed by atoms with E-state index in [0.29, 0.717) is 17.4 Å². The summed E-state index contributed by atoms with van der Waals surface area (Å²) in [5.41, 5.74) is 3.54. The number of hydrazine groups is 1. The number of hydrogen-bond acceptors (Lipinski definition) is 4. The molecule has 1 heterocycles. The fourth-order valence-corrected chi connectivity index (χ4v) is 2.20. The van der Waals surface area contributed by atoms with Crippen LogP contribution in [0.3, 0.4) is 0 Å². The van der Waals surface area contributed by atoms with Gasteiger partial charge in [0, 0.05) is 11.9 Å². The number of aromatic hydroxyl groups is 1. The van der Waals surface area contributed by atoms with Crippen molar-refractivity contribution in [2.75, 3.05) is 5.88 Å². The number of hydrogen-bond donors (Lipinski definition) is 3. The first kappa shape index (κ1) is 15.8. The molecule has 0 bridgehead atoms. The summed E-state index contributed by atoms with van der Waals surface area (Å²) in [6.45, 7) is 2.08. The second-order valence-corrected chi connectivity index (χ2v) is 4.69. The normalized spacial score (nSPS) is 10.5. The van der Waals surface area contributed by atoms with E-state index < -0.39 is 28.7 Å². The van der Waals surface area contributed by atoms with Gasteiger partial charge in [-0.1, -0.05) is 12.1 Å². The Morgan fingerprint density at radius 3 is 2.59 bits per heavy atom. The smallest absolute Gasteiger partial charge is 0.279 e. The predicted molar refractivity (Wildman–Crippen MR) is 81.9 cm³/mol. The molecule has 0 radical (unpaired) electrons. The van der Waals surface area contributed by atoms with Crippen LogP contribution >= 0.6 is 11.6 Å². The minimum atomic E-state index is -0.908. The van der Waals surface area contributed by atoms with E-state index >= 15 is 0 Å². The van der Waals surface area contributed by atoms with Crippen LogP contribution in [-0.4, -0.2) is 27.4 Å². The van der Waals surface area contributed by atoms with Crippen molar-refractivity contribution in [3.8, 4) is 5.75 Å². The van der Waals surface area contributed by atoms with E-state index in [-0.39, 0.29) is 5.88 Å². The van der Waals surface area contributed by atoms with Crippen LogP contribution in [0, 0.1) is 0 Å². The van der Waals surface area contributed by atoms with Gasteiger partial charge in [0.2, 0.25) is 0 Å². The van der Waals surface area contributed by atoms with E-state index in [0.717, 1.165) is 0 Å². The topological polar surface area (TPSA) is 100 Å². The number of para-hydroxylation sites is 1. The van der Waals surface area contributed by atoms with Crippen LogP contribution in [0.1, 0.15) is 17.3 Å². The van der Waals surface area contributed by atoms with Crippen LogP contribution < -0.4 is 16.4 Å². The molecule has 0 spiro atoms. The molecule has 2 amide bonds. The molecule has 0 saturated carbocycles. The Balaban J connectivity index is 2.56. The molecule has 0 aliphatic rings. The average Bonchev–Trinajstić information content (AvgIpc) is 2.53. The van der Waals surface area contributed by atoms with Gasteiger partial charge >= 0.3 is 0 Å². The lowest BCUT2D eigenvalue weighted by Gasteiger charge is -2.13. The Kier molecular flexibility index (Phi) is 4.67. The standard InChI is InChI=1S/C14H14ClN3O4/c1-2-18-9-6-4-3-5-8(9)12(20)11(14(18)22)13(21)17-16-10(19)7-15/h3-6,20H,2,7H2,1H3,(H,16,19)(H,17,21). The molecule has 0 atom stereocenters. The van der Waals surface area contributed by atoms with E-state index in [1.54, 1.807) is 31.2 Å². The maximum atomic E-state index is 12.4. The Hall–Kier alpha value is -2.54. The maximum Gasteiger partial charge on any atom is 0.279 e. The second kappa shape index (κ2) is 6.48. The zero-order chi connectivity index (χ0) is 16.3. The Morgan fingerprint density at radius 2 is 1.95 bits per heavy atom. The molecule has 0 aliphatic heterocycles. The first-order chi connectivity index (χ1) is 10.5. The number of nitrogens with one attached hydrogen (secondary N) is 2. The van der Waals surface area contributed by atoms with Gasteiger partial charge < -0.3 is 9.67 Å². The van der Waals surface area contributed by atoms with Crippen molar-refractivity contribution in [2.45, 2.75) is 13.5 Å². The van der Waals surface area contributed by atoms with Crippen LogP contribution in [0.5, 0.6) is 5.75 Å². The maximum absolute atomic E-state index is 12.4. The minimum Gasteiger partial charge on any atom is -0.506 e. The summed E-state index contributed by atoms with van der Waals surface area (Å²) in [4.78, 5) is 35.5. The Labute approximate surface area is 130 Å². The fourth-order valence-electron chi connectivity index (χ4n) is 2.13. The Bertz CT molecular complexity index is 801. The van der Waals surface area contributed by atoms with Gasteiger partial charge in [0.05, 0.1) is 5.52 Å². The van der Waals surface area contributed by atoms with E-state index in [1.165, 1.54) is 4.57 Å². The van der Waals surface area contributed by atoms with Crippen molar-refractivity contribution in [3.05, 3.63) is 40.2 Å². The molecule has 1 aromatic carbocycles. The van der Waals surface area contributed by atoms with Crippen LogP contribution in [0.2, 0.25) is 0 Å². The van der Waals surface area contributed by atoms with E-state index in [1.807, 2.05) is 5.43 Å². The molecule has 1 aromatic heterocycles. The summed E-state index contributed by atoms with van der Waals surface area (Å²) in [5, 5.41) is 10.6. The molecule has 3 N–H and O–H groups in total. The van der Waals surface area contributed by atoms with Gasteiger partial charge in [-0.3, -0.25) is 25.2 Å². The molecule has 2 rings (SSSR count). The minimum absolute atomic E-state index is 0.327. The highest BCUT2D eigenvalue weighted by Crippen LogP contribution is 2.25. The van der Waals surface area contributed by atoms with Crippen LogP contribution in [-0.2, 0) is 11.3 Å². The van der Waals surface area contributed by atoms with Gasteiger partial charge in [-0.25, -0.2) is 0 Å². The summed E-state index contributed by atoms with van der Waals surface area (Å²) in [7, 11) is 0. The van der Waals surface area contributed by atoms with Crippen molar-refractivity contribution >= 4 is 34.3 Å². The van der Waals surface area contributed by atoms with Crippen molar-refractivity contribution < 1.29 is 14.7 Å². The molecule has 22 heavy (non-hydrogen) atoms. The quantitative estimate of drug-likeness (QED) is 0.572. The number of aromatic nitrogens is 1. The number of fused-ring (bicyclic) bond motifs is 1. The number of alkyl halides is 1. The van der Waals surface area contributed by atoms with E-state index in [4.69, 9.17) is 11.6 Å². The molecular formula is C14H14ClN3O4. The Morgan fingerprint density at radius 1 is 1.27 bits per heavy atom. The number of carbonyl (C=O) groups excluding carboxylic acids is 2. The molecule has 0 aliphatic carbocycles. The van der Waals surface area contributed by atoms with Crippen molar-refractivity contribution in [2.24, 2.45) is 0 Å². The van der Waals surface area contributed by atoms with Crippen molar-refractivity contribution in [3.63, 3.8) is 0 Å². The number of pyridine rings is 1. The number of carbonyl (C=O) groups is 2. The molecule has 116 valence electrons. The van der Waals surface area contributed by atoms with Crippen LogP contribution in [0.25, 0.3) is 10.9 Å². The van der Waals surface area contributed by atoms with E-state index in [2.05, 4.69) is 5.43 Å². The molecule has 7 nitrogen and oxygen atoms in total. The lowest BCUT2D eigenvalue weighted by Crippen LogP contribution is -2.44. The number of benzene rings is 1. The van der Waals surface area contributed by atoms with Gasteiger partial charge in [0.25, 0.3) is 17.4 Å². The zero-order valence-corrected chi connectivity index (χ0v) is 12.5. The number of rotatable bonds is 3. The molecule has 2 aromatic rings. The summed E-state index contributed by atoms with van der Waals surface area (Å²) < 4.78 is 1.37. The van der Waals surface area contributed by atoms with Crippen molar-refractivity contribution in [1.82, 2.24) is 15.4 Å². The number of halogens is 1. The summed E-state index contributed by atoms with van der Waals surface area (Å²) in [5.74, 6) is -2.31. The lowest BCUT2D eigenvalue weighted by atomic mass is 10.1.